The monoisotopic (exact) mass is 590 g/mol. The van der Waals surface area contributed by atoms with Crippen LogP contribution in [0.4, 0.5) is 8.78 Å². The van der Waals surface area contributed by atoms with Gasteiger partial charge < -0.3 is 30.3 Å². The molecule has 40 heavy (non-hydrogen) atoms. The molecule has 0 fully saturated rings. The number of halogens is 2. The van der Waals surface area contributed by atoms with E-state index in [1.165, 1.54) is 50.6 Å². The Morgan fingerprint density at radius 3 is 1.40 bits per heavy atom. The Balaban J connectivity index is 1.75. The van der Waals surface area contributed by atoms with Gasteiger partial charge >= 0.3 is 11.9 Å². The summed E-state index contributed by atoms with van der Waals surface area (Å²) in [6.45, 7) is -1.15. The van der Waals surface area contributed by atoms with E-state index < -0.39 is 48.5 Å². The van der Waals surface area contributed by atoms with Crippen LogP contribution >= 0.6 is 22.7 Å². The lowest BCUT2D eigenvalue weighted by Crippen LogP contribution is -2.28. The third kappa shape index (κ3) is 5.87. The number of carboxylic acids is 2. The van der Waals surface area contributed by atoms with Gasteiger partial charge in [0, 0.05) is 9.40 Å². The Bertz CT molecular complexity index is 1590. The molecule has 4 rings (SSSR count). The van der Waals surface area contributed by atoms with Crippen molar-refractivity contribution in [1.29, 1.82) is 0 Å². The van der Waals surface area contributed by atoms with E-state index in [0.29, 0.717) is 20.2 Å². The third-order valence-electron chi connectivity index (χ3n) is 5.59. The van der Waals surface area contributed by atoms with E-state index in [9.17, 15) is 19.2 Å². The maximum atomic E-state index is 15.7. The van der Waals surface area contributed by atoms with Gasteiger partial charge in [-0.3, -0.25) is 19.2 Å². The van der Waals surface area contributed by atoms with Gasteiger partial charge in [-0.15, -0.1) is 22.7 Å². The first-order valence-corrected chi connectivity index (χ1v) is 12.9. The van der Waals surface area contributed by atoms with Crippen LogP contribution < -0.4 is 20.1 Å². The highest BCUT2D eigenvalue weighted by Gasteiger charge is 2.23. The summed E-state index contributed by atoms with van der Waals surface area (Å²) in [5, 5.41) is 23.0. The zero-order valence-electron chi connectivity index (χ0n) is 20.8. The summed E-state index contributed by atoms with van der Waals surface area (Å²) >= 11 is 1.93. The van der Waals surface area contributed by atoms with Crippen molar-refractivity contribution in [3.05, 3.63) is 57.3 Å². The van der Waals surface area contributed by atoms with Gasteiger partial charge in [-0.25, -0.2) is 8.78 Å². The molecule has 2 aromatic heterocycles. The average Bonchev–Trinajstić information content (AvgIpc) is 3.55. The number of hydrogen-bond donors (Lipinski definition) is 4. The van der Waals surface area contributed by atoms with Gasteiger partial charge in [0.15, 0.2) is 11.7 Å². The van der Waals surface area contributed by atoms with Crippen molar-refractivity contribution in [3.63, 3.8) is 0 Å². The van der Waals surface area contributed by atoms with Gasteiger partial charge in [0.1, 0.15) is 24.6 Å². The van der Waals surface area contributed by atoms with Gasteiger partial charge in [-0.2, -0.15) is 0 Å². The fourth-order valence-electron chi connectivity index (χ4n) is 3.76. The van der Waals surface area contributed by atoms with Crippen LogP contribution in [0, 0.1) is 0 Å². The number of nitrogens with one attached hydrogen (secondary N) is 2. The van der Waals surface area contributed by atoms with E-state index in [1.807, 2.05) is 0 Å². The molecule has 208 valence electrons. The van der Waals surface area contributed by atoms with Crippen molar-refractivity contribution >= 4 is 78.3 Å². The van der Waals surface area contributed by atoms with Crippen molar-refractivity contribution in [1.82, 2.24) is 10.6 Å². The Labute approximate surface area is 232 Å². The molecule has 0 spiro atoms. The third-order valence-corrected chi connectivity index (χ3v) is 7.78. The van der Waals surface area contributed by atoms with E-state index in [1.54, 1.807) is 0 Å². The molecular formula is C26H20F2N2O8S2. The number of carbonyl (C=O) groups excluding carboxylic acids is 2. The van der Waals surface area contributed by atoms with Gasteiger partial charge in [0.2, 0.25) is 0 Å². The van der Waals surface area contributed by atoms with E-state index in [4.69, 9.17) is 19.7 Å². The number of hydrogen-bond acceptors (Lipinski definition) is 8. The molecule has 0 unspecified atom stereocenters. The fraction of sp³-hybridized carbons (Fsp3) is 0.154. The van der Waals surface area contributed by atoms with Crippen molar-refractivity contribution in [2.45, 2.75) is 0 Å². The molecular weight excluding hydrogens is 570 g/mol. The Morgan fingerprint density at radius 1 is 0.700 bits per heavy atom. The number of rotatable bonds is 10. The fourth-order valence-corrected chi connectivity index (χ4v) is 5.76. The maximum Gasteiger partial charge on any atom is 0.322 e. The van der Waals surface area contributed by atoms with Crippen molar-refractivity contribution in [3.8, 4) is 11.5 Å². The number of fused-ring (bicyclic) bond motifs is 2. The topological polar surface area (TPSA) is 151 Å². The molecule has 0 aliphatic carbocycles. The molecule has 4 N–H and O–H groups in total. The molecule has 2 heterocycles. The average molecular weight is 591 g/mol. The predicted octanol–water partition coefficient (Wildman–Crippen LogP) is 4.53. The zero-order chi connectivity index (χ0) is 29.1. The standard InChI is InChI=1S/C26H20F2N2O8S2/c1-37-15-3-11-5-19(25(35)29-9-21(31)32)39-17(11)7-13(15)23(27)24(28)14-8-18-12(4-16(14)38-2)6-20(40-18)26(36)30-10-22(33)34/h3-8H,9-10H2,1-2H3,(H,29,35)(H,30,36)(H,31,32)(H,33,34)/b24-23-. The smallest absolute Gasteiger partial charge is 0.322 e. The number of thiophene rings is 2. The Hall–Kier alpha value is -4.56. The lowest BCUT2D eigenvalue weighted by atomic mass is 10.1. The van der Waals surface area contributed by atoms with Crippen LogP contribution in [-0.4, -0.2) is 61.3 Å². The van der Waals surface area contributed by atoms with Gasteiger partial charge in [0.05, 0.1) is 35.1 Å². The molecule has 0 saturated heterocycles. The summed E-state index contributed by atoms with van der Waals surface area (Å²) in [6, 6.07) is 8.48. The molecule has 0 saturated carbocycles. The summed E-state index contributed by atoms with van der Waals surface area (Å²) in [7, 11) is 2.55. The van der Waals surface area contributed by atoms with Crippen molar-refractivity contribution < 1.29 is 47.6 Å². The normalized spacial score (nSPS) is 11.7. The molecule has 2 amide bonds. The van der Waals surface area contributed by atoms with Crippen LogP contribution in [0.25, 0.3) is 31.8 Å². The zero-order valence-corrected chi connectivity index (χ0v) is 22.4. The summed E-state index contributed by atoms with van der Waals surface area (Å²) in [5.74, 6) is -6.24. The van der Waals surface area contributed by atoms with Crippen LogP contribution in [0.15, 0.2) is 36.4 Å². The number of amides is 2. The number of methoxy groups -OCH3 is 2. The number of benzene rings is 2. The van der Waals surface area contributed by atoms with E-state index in [2.05, 4.69) is 10.6 Å². The first-order chi connectivity index (χ1) is 19.0. The second kappa shape index (κ2) is 11.7. The quantitative estimate of drug-likeness (QED) is 0.197. The molecule has 0 bridgehead atoms. The minimum absolute atomic E-state index is 0.0102. The summed E-state index contributed by atoms with van der Waals surface area (Å²) in [5.41, 5.74) is -0.456. The van der Waals surface area contributed by atoms with E-state index in [0.717, 1.165) is 22.7 Å². The molecule has 0 aliphatic rings. The largest absolute Gasteiger partial charge is 0.496 e. The highest BCUT2D eigenvalue weighted by molar-refractivity contribution is 7.21. The summed E-state index contributed by atoms with van der Waals surface area (Å²) in [6.07, 6.45) is 0. The lowest BCUT2D eigenvalue weighted by Gasteiger charge is -2.11. The van der Waals surface area contributed by atoms with Crippen LogP contribution in [0.1, 0.15) is 30.5 Å². The number of aliphatic carboxylic acids is 2. The number of carboxylic acid groups (broad SMARTS) is 2. The first kappa shape index (κ1) is 28.4. The number of ether oxygens (including phenoxy) is 2. The molecule has 10 nitrogen and oxygen atoms in total. The number of carbonyl (C=O) groups is 4. The van der Waals surface area contributed by atoms with Gasteiger partial charge in [-0.05, 0) is 47.2 Å². The van der Waals surface area contributed by atoms with E-state index in [-0.39, 0.29) is 32.4 Å². The Kier molecular flexibility index (Phi) is 8.30. The van der Waals surface area contributed by atoms with Crippen LogP contribution in [0.5, 0.6) is 11.5 Å². The summed E-state index contributed by atoms with van der Waals surface area (Å²) in [4.78, 5) is 46.4. The Morgan fingerprint density at radius 2 is 1.07 bits per heavy atom. The molecule has 0 atom stereocenters. The maximum absolute atomic E-state index is 15.7. The van der Waals surface area contributed by atoms with Gasteiger partial charge in [-0.1, -0.05) is 0 Å². The molecule has 14 heteroatoms. The molecule has 0 aliphatic heterocycles. The van der Waals surface area contributed by atoms with Gasteiger partial charge in [0.25, 0.3) is 11.8 Å². The lowest BCUT2D eigenvalue weighted by molar-refractivity contribution is -0.136. The van der Waals surface area contributed by atoms with Crippen LogP contribution in [0.3, 0.4) is 0 Å². The second-order valence-electron chi connectivity index (χ2n) is 8.18. The SMILES string of the molecule is COc1cc2cc(C(=O)NCC(=O)O)sc2cc1/C(F)=C(/F)c1cc2sc(C(=O)NCC(=O)O)cc2cc1OC. The summed E-state index contributed by atoms with van der Waals surface area (Å²) < 4.78 is 42.8. The van der Waals surface area contributed by atoms with Crippen LogP contribution in [-0.2, 0) is 9.59 Å². The highest BCUT2D eigenvalue weighted by Crippen LogP contribution is 2.42. The highest BCUT2D eigenvalue weighted by atomic mass is 32.1. The first-order valence-electron chi connectivity index (χ1n) is 11.3. The second-order valence-corrected chi connectivity index (χ2v) is 10.4. The van der Waals surface area contributed by atoms with Crippen molar-refractivity contribution in [2.24, 2.45) is 0 Å². The minimum atomic E-state index is -1.27. The van der Waals surface area contributed by atoms with E-state index >= 15 is 8.78 Å². The minimum Gasteiger partial charge on any atom is -0.496 e. The van der Waals surface area contributed by atoms with Crippen LogP contribution in [0.2, 0.25) is 0 Å². The molecule has 4 aromatic rings. The molecule has 0 radical (unpaired) electrons. The van der Waals surface area contributed by atoms with Crippen molar-refractivity contribution in [2.75, 3.05) is 27.3 Å². The molecule has 2 aromatic carbocycles. The predicted molar refractivity (Wildman–Crippen MR) is 146 cm³/mol.